The summed E-state index contributed by atoms with van der Waals surface area (Å²) in [6, 6.07) is 4.75. The van der Waals surface area contributed by atoms with E-state index in [0.717, 1.165) is 30.4 Å². The largest absolute Gasteiger partial charge is 0.342 e. The standard InChI is InChI=1S/C20H22F3N3O.2C2H6/c1-3-4-15-13-7-8-20(15,16-9-11(21)5-6-12(13)16)24-19(27)14-10-26(2)25-17(14)18(22)23;2*1-2/h5-6,9-10,13,15,18H,3-4,7-8H2,1-2H3,(H,24,27);2*1-2H3. The Morgan fingerprint density at radius 2 is 1.97 bits per heavy atom. The molecule has 1 aromatic carbocycles. The van der Waals surface area contributed by atoms with Crippen LogP contribution in [-0.2, 0) is 12.6 Å². The molecule has 1 heterocycles. The van der Waals surface area contributed by atoms with Crippen LogP contribution in [0, 0.1) is 11.7 Å². The molecule has 172 valence electrons. The van der Waals surface area contributed by atoms with Gasteiger partial charge in [0.1, 0.15) is 11.5 Å². The molecule has 0 spiro atoms. The number of aromatic nitrogens is 2. The summed E-state index contributed by atoms with van der Waals surface area (Å²) in [4.78, 5) is 13.0. The third kappa shape index (κ3) is 4.37. The molecule has 7 heteroatoms. The van der Waals surface area contributed by atoms with Crippen molar-refractivity contribution in [2.24, 2.45) is 13.0 Å². The first-order valence-corrected chi connectivity index (χ1v) is 11.3. The Bertz CT molecular complexity index is 896. The van der Waals surface area contributed by atoms with Crippen LogP contribution in [0.15, 0.2) is 24.4 Å². The minimum atomic E-state index is -2.83. The quantitative estimate of drug-likeness (QED) is 0.582. The molecule has 1 saturated carbocycles. The van der Waals surface area contributed by atoms with Crippen LogP contribution in [0.3, 0.4) is 0 Å². The van der Waals surface area contributed by atoms with Crippen molar-refractivity contribution in [1.29, 1.82) is 0 Å². The van der Waals surface area contributed by atoms with Gasteiger partial charge in [-0.1, -0.05) is 47.1 Å². The van der Waals surface area contributed by atoms with E-state index in [1.807, 2.05) is 27.7 Å². The van der Waals surface area contributed by atoms with Gasteiger partial charge in [0, 0.05) is 13.2 Å². The fraction of sp³-hybridized carbons (Fsp3) is 0.583. The number of alkyl halides is 2. The number of halogens is 3. The Morgan fingerprint density at radius 3 is 2.58 bits per heavy atom. The SMILES string of the molecule is CC.CC.CCCC1C2CCC1(NC(=O)c1cn(C)nc1C(F)F)c1cc(F)ccc12. The van der Waals surface area contributed by atoms with E-state index in [1.54, 1.807) is 6.07 Å². The molecule has 2 bridgehead atoms. The van der Waals surface area contributed by atoms with E-state index in [-0.39, 0.29) is 23.2 Å². The summed E-state index contributed by atoms with van der Waals surface area (Å²) in [7, 11) is 1.51. The van der Waals surface area contributed by atoms with Gasteiger partial charge in [0.15, 0.2) is 0 Å². The van der Waals surface area contributed by atoms with Crippen LogP contribution in [0.4, 0.5) is 13.2 Å². The van der Waals surface area contributed by atoms with Crippen LogP contribution in [-0.4, -0.2) is 15.7 Å². The fourth-order valence-corrected chi connectivity index (χ4v) is 5.15. The van der Waals surface area contributed by atoms with Crippen molar-refractivity contribution < 1.29 is 18.0 Å². The van der Waals surface area contributed by atoms with Crippen LogP contribution in [0.5, 0.6) is 0 Å². The molecule has 1 N–H and O–H groups in total. The Kier molecular flexibility index (Phi) is 8.32. The summed E-state index contributed by atoms with van der Waals surface area (Å²) in [6.07, 6.45) is 1.89. The number of hydrogen-bond donors (Lipinski definition) is 1. The molecule has 3 atom stereocenters. The van der Waals surface area contributed by atoms with Crippen molar-refractivity contribution in [3.05, 3.63) is 52.6 Å². The maximum absolute atomic E-state index is 14.0. The van der Waals surface area contributed by atoms with Crippen molar-refractivity contribution in [2.75, 3.05) is 0 Å². The summed E-state index contributed by atoms with van der Waals surface area (Å²) in [5.74, 6) is -0.503. The molecule has 4 nitrogen and oxygen atoms in total. The van der Waals surface area contributed by atoms with E-state index in [4.69, 9.17) is 0 Å². The number of carbonyl (C=O) groups excluding carboxylic acids is 1. The van der Waals surface area contributed by atoms with Crippen LogP contribution in [0.1, 0.15) is 99.8 Å². The van der Waals surface area contributed by atoms with E-state index in [1.165, 1.54) is 30.1 Å². The highest BCUT2D eigenvalue weighted by Crippen LogP contribution is 2.61. The van der Waals surface area contributed by atoms with Crippen molar-refractivity contribution in [3.8, 4) is 0 Å². The maximum Gasteiger partial charge on any atom is 0.282 e. The fourth-order valence-electron chi connectivity index (χ4n) is 5.15. The van der Waals surface area contributed by atoms with Gasteiger partial charge < -0.3 is 5.32 Å². The van der Waals surface area contributed by atoms with Crippen molar-refractivity contribution in [1.82, 2.24) is 15.1 Å². The van der Waals surface area contributed by atoms with Gasteiger partial charge in [0.2, 0.25) is 0 Å². The first kappa shape index (κ1) is 25.0. The maximum atomic E-state index is 14.0. The number of hydrogen-bond acceptors (Lipinski definition) is 2. The zero-order valence-electron chi connectivity index (χ0n) is 19.3. The lowest BCUT2D eigenvalue weighted by Crippen LogP contribution is -2.47. The molecule has 1 fully saturated rings. The molecule has 1 aromatic heterocycles. The molecule has 2 aliphatic rings. The lowest BCUT2D eigenvalue weighted by atomic mass is 9.82. The molecule has 31 heavy (non-hydrogen) atoms. The number of nitrogens with one attached hydrogen (secondary N) is 1. The molecular weight excluding hydrogens is 403 g/mol. The molecular formula is C24H34F3N3O. The van der Waals surface area contributed by atoms with Gasteiger partial charge in [-0.15, -0.1) is 0 Å². The van der Waals surface area contributed by atoms with Crippen LogP contribution in [0.2, 0.25) is 0 Å². The lowest BCUT2D eigenvalue weighted by Gasteiger charge is -2.34. The van der Waals surface area contributed by atoms with E-state index < -0.39 is 23.6 Å². The second kappa shape index (κ2) is 10.3. The molecule has 2 aliphatic carbocycles. The third-order valence-corrected chi connectivity index (χ3v) is 6.11. The van der Waals surface area contributed by atoms with Crippen LogP contribution in [0.25, 0.3) is 0 Å². The number of fused-ring (bicyclic) bond motifs is 5. The van der Waals surface area contributed by atoms with Crippen LogP contribution >= 0.6 is 0 Å². The zero-order valence-corrected chi connectivity index (χ0v) is 19.3. The first-order chi connectivity index (χ1) is 14.9. The molecule has 4 rings (SSSR count). The molecule has 0 aliphatic heterocycles. The molecule has 0 saturated heterocycles. The third-order valence-electron chi connectivity index (χ3n) is 6.11. The first-order valence-electron chi connectivity index (χ1n) is 11.3. The second-order valence-electron chi connectivity index (χ2n) is 7.60. The number of nitrogens with zero attached hydrogens (tertiary/aromatic N) is 2. The monoisotopic (exact) mass is 437 g/mol. The van der Waals surface area contributed by atoms with E-state index in [9.17, 15) is 18.0 Å². The molecule has 2 aromatic rings. The summed E-state index contributed by atoms with van der Waals surface area (Å²) >= 11 is 0. The van der Waals surface area contributed by atoms with Gasteiger partial charge >= 0.3 is 0 Å². The average molecular weight is 438 g/mol. The Morgan fingerprint density at radius 1 is 1.29 bits per heavy atom. The number of benzene rings is 1. The molecule has 0 radical (unpaired) electrons. The normalized spacial score (nSPS) is 22.9. The van der Waals surface area contributed by atoms with Gasteiger partial charge in [-0.3, -0.25) is 9.48 Å². The smallest absolute Gasteiger partial charge is 0.282 e. The highest BCUT2D eigenvalue weighted by atomic mass is 19.3. The highest BCUT2D eigenvalue weighted by molar-refractivity contribution is 5.96. The zero-order chi connectivity index (χ0) is 23.3. The summed E-state index contributed by atoms with van der Waals surface area (Å²) in [6.45, 7) is 10.1. The van der Waals surface area contributed by atoms with Gasteiger partial charge in [-0.25, -0.2) is 13.2 Å². The predicted octanol–water partition coefficient (Wildman–Crippen LogP) is 6.48. The number of amides is 1. The van der Waals surface area contributed by atoms with Gasteiger partial charge in [0.25, 0.3) is 12.3 Å². The summed E-state index contributed by atoms with van der Waals surface area (Å²) < 4.78 is 41.8. The van der Waals surface area contributed by atoms with E-state index >= 15 is 0 Å². The van der Waals surface area contributed by atoms with Crippen LogP contribution < -0.4 is 5.32 Å². The highest BCUT2D eigenvalue weighted by Gasteiger charge is 2.57. The topological polar surface area (TPSA) is 46.9 Å². The number of aryl methyl sites for hydroxylation is 1. The Hall–Kier alpha value is -2.31. The minimum absolute atomic E-state index is 0.120. The molecule has 3 unspecified atom stereocenters. The Labute approximate surface area is 183 Å². The van der Waals surface area contributed by atoms with Crippen molar-refractivity contribution in [3.63, 3.8) is 0 Å². The minimum Gasteiger partial charge on any atom is -0.342 e. The van der Waals surface area contributed by atoms with Crippen molar-refractivity contribution in [2.45, 2.75) is 78.2 Å². The van der Waals surface area contributed by atoms with E-state index in [0.29, 0.717) is 6.42 Å². The molecule has 1 amide bonds. The summed E-state index contributed by atoms with van der Waals surface area (Å²) in [5.41, 5.74) is 0.523. The van der Waals surface area contributed by atoms with E-state index in [2.05, 4.69) is 17.3 Å². The van der Waals surface area contributed by atoms with Crippen molar-refractivity contribution >= 4 is 5.91 Å². The lowest BCUT2D eigenvalue weighted by molar-refractivity contribution is 0.0855. The Balaban J connectivity index is 0.000000807. The van der Waals surface area contributed by atoms with Gasteiger partial charge in [-0.2, -0.15) is 5.10 Å². The summed E-state index contributed by atoms with van der Waals surface area (Å²) in [5, 5.41) is 6.76. The second-order valence-corrected chi connectivity index (χ2v) is 7.60. The number of rotatable bonds is 5. The number of carbonyl (C=O) groups is 1. The predicted molar refractivity (Wildman–Crippen MR) is 117 cm³/mol. The van der Waals surface area contributed by atoms with Gasteiger partial charge in [-0.05, 0) is 54.4 Å². The van der Waals surface area contributed by atoms with Gasteiger partial charge in [0.05, 0.1) is 11.1 Å². The average Bonchev–Trinajstić information content (AvgIpc) is 3.40.